The molecule has 2 N–H and O–H groups in total. The fourth-order valence-corrected chi connectivity index (χ4v) is 3.40. The van der Waals surface area contributed by atoms with E-state index in [4.69, 9.17) is 16.3 Å². The Kier molecular flexibility index (Phi) is 6.04. The number of carbonyl (C=O) groups is 1. The van der Waals surface area contributed by atoms with E-state index in [0.717, 1.165) is 11.3 Å². The molecular weight excluding hydrogens is 416 g/mol. The summed E-state index contributed by atoms with van der Waals surface area (Å²) in [6.45, 7) is 2.42. The quantitative estimate of drug-likeness (QED) is 0.435. The first-order valence-electron chi connectivity index (χ1n) is 9.83. The number of aryl methyl sites for hydroxylation is 1. The second kappa shape index (κ2) is 9.06. The van der Waals surface area contributed by atoms with Gasteiger partial charge < -0.3 is 10.1 Å². The molecule has 4 aromatic rings. The molecule has 7 nitrogen and oxygen atoms in total. The van der Waals surface area contributed by atoms with Crippen molar-refractivity contribution in [1.82, 2.24) is 19.9 Å². The molecule has 2 aromatic heterocycles. The largest absolute Gasteiger partial charge is 0.492 e. The Labute approximate surface area is 183 Å². The number of amides is 1. The van der Waals surface area contributed by atoms with Crippen LogP contribution < -0.4 is 15.6 Å². The van der Waals surface area contributed by atoms with E-state index in [1.165, 1.54) is 10.7 Å². The molecule has 0 fully saturated rings. The third-order valence-electron chi connectivity index (χ3n) is 4.90. The number of hydrogen-bond donors (Lipinski definition) is 2. The van der Waals surface area contributed by atoms with E-state index in [2.05, 4.69) is 15.4 Å². The first-order chi connectivity index (χ1) is 15.0. The van der Waals surface area contributed by atoms with Gasteiger partial charge in [-0.2, -0.15) is 0 Å². The van der Waals surface area contributed by atoms with E-state index in [1.807, 2.05) is 42.5 Å². The molecule has 0 saturated heterocycles. The number of nitrogens with one attached hydrogen (secondary N) is 2. The second-order valence-corrected chi connectivity index (χ2v) is 7.48. The van der Waals surface area contributed by atoms with Crippen LogP contribution in [-0.4, -0.2) is 33.7 Å². The highest BCUT2D eigenvalue weighted by molar-refractivity contribution is 6.30. The summed E-state index contributed by atoms with van der Waals surface area (Å²) in [5, 5.41) is 6.28. The Balaban J connectivity index is 1.48. The standard InChI is InChI=1S/C23H21ClN4O3/c1-15-19(13-16-7-9-17(24)10-8-16)23(30)28-21(27-15)20(14-26-28)22(29)25-11-12-31-18-5-3-2-4-6-18/h2-10,14,26H,11-13H2,1H3,(H,25,29). The number of rotatable bonds is 7. The smallest absolute Gasteiger partial charge is 0.276 e. The number of fused-ring (bicyclic) bond motifs is 1. The van der Waals surface area contributed by atoms with Gasteiger partial charge in [0, 0.05) is 28.9 Å². The van der Waals surface area contributed by atoms with Crippen LogP contribution in [0.15, 0.2) is 65.6 Å². The third kappa shape index (κ3) is 4.62. The van der Waals surface area contributed by atoms with Gasteiger partial charge in [0.2, 0.25) is 0 Å². The summed E-state index contributed by atoms with van der Waals surface area (Å²) < 4.78 is 6.88. The Hall–Kier alpha value is -3.58. The van der Waals surface area contributed by atoms with Crippen molar-refractivity contribution in [2.24, 2.45) is 0 Å². The lowest BCUT2D eigenvalue weighted by molar-refractivity contribution is 0.0948. The summed E-state index contributed by atoms with van der Waals surface area (Å²) in [5.41, 5.74) is 2.46. The lowest BCUT2D eigenvalue weighted by Crippen LogP contribution is -2.28. The lowest BCUT2D eigenvalue weighted by atomic mass is 10.1. The molecule has 0 atom stereocenters. The van der Waals surface area contributed by atoms with Gasteiger partial charge in [-0.25, -0.2) is 9.50 Å². The molecule has 0 radical (unpaired) electrons. The topological polar surface area (TPSA) is 88.5 Å². The summed E-state index contributed by atoms with van der Waals surface area (Å²) >= 11 is 5.94. The molecule has 8 heteroatoms. The van der Waals surface area contributed by atoms with Gasteiger partial charge in [-0.3, -0.25) is 14.7 Å². The van der Waals surface area contributed by atoms with E-state index < -0.39 is 0 Å². The van der Waals surface area contributed by atoms with Crippen molar-refractivity contribution in [3.63, 3.8) is 0 Å². The van der Waals surface area contributed by atoms with Crippen LogP contribution in [0.3, 0.4) is 0 Å². The van der Waals surface area contributed by atoms with Crippen LogP contribution in [0.25, 0.3) is 5.65 Å². The molecule has 0 aliphatic rings. The Morgan fingerprint density at radius 3 is 2.65 bits per heavy atom. The average molecular weight is 437 g/mol. The highest BCUT2D eigenvalue weighted by atomic mass is 35.5. The summed E-state index contributed by atoms with van der Waals surface area (Å²) in [6, 6.07) is 16.7. The maximum Gasteiger partial charge on any atom is 0.276 e. The van der Waals surface area contributed by atoms with Crippen LogP contribution in [-0.2, 0) is 6.42 Å². The molecule has 0 saturated carbocycles. The number of carbonyl (C=O) groups excluding carboxylic acids is 1. The van der Waals surface area contributed by atoms with Crippen LogP contribution in [0.2, 0.25) is 5.02 Å². The summed E-state index contributed by atoms with van der Waals surface area (Å²) in [7, 11) is 0. The number of halogens is 1. The molecule has 2 aromatic carbocycles. The number of aromatic amines is 1. The number of H-pyrrole nitrogens is 1. The summed E-state index contributed by atoms with van der Waals surface area (Å²) in [4.78, 5) is 30.1. The van der Waals surface area contributed by atoms with E-state index in [1.54, 1.807) is 19.1 Å². The minimum Gasteiger partial charge on any atom is -0.492 e. The predicted molar refractivity (Wildman–Crippen MR) is 119 cm³/mol. The SMILES string of the molecule is Cc1nc2c(C(=O)NCCOc3ccccc3)c[nH]n2c(=O)c1Cc1ccc(Cl)cc1. The van der Waals surface area contributed by atoms with Gasteiger partial charge in [0.05, 0.1) is 6.54 Å². The van der Waals surface area contributed by atoms with Crippen molar-refractivity contribution in [3.8, 4) is 5.75 Å². The minimum absolute atomic E-state index is 0.232. The van der Waals surface area contributed by atoms with Gasteiger partial charge in [0.25, 0.3) is 11.5 Å². The highest BCUT2D eigenvalue weighted by Gasteiger charge is 2.18. The van der Waals surface area contributed by atoms with Crippen molar-refractivity contribution >= 4 is 23.2 Å². The molecule has 2 heterocycles. The van der Waals surface area contributed by atoms with Crippen LogP contribution in [0.5, 0.6) is 5.75 Å². The maximum absolute atomic E-state index is 13.0. The molecule has 4 rings (SSSR count). The second-order valence-electron chi connectivity index (χ2n) is 7.05. The molecule has 0 aliphatic heterocycles. The van der Waals surface area contributed by atoms with Crippen LogP contribution in [0, 0.1) is 6.92 Å². The third-order valence-corrected chi connectivity index (χ3v) is 5.15. The lowest BCUT2D eigenvalue weighted by Gasteiger charge is -2.08. The first kappa shape index (κ1) is 20.7. The predicted octanol–water partition coefficient (Wildman–Crippen LogP) is 3.38. The fourth-order valence-electron chi connectivity index (χ4n) is 3.28. The average Bonchev–Trinajstić information content (AvgIpc) is 3.20. The molecule has 31 heavy (non-hydrogen) atoms. The zero-order valence-corrected chi connectivity index (χ0v) is 17.6. The van der Waals surface area contributed by atoms with E-state index in [0.29, 0.717) is 47.1 Å². The van der Waals surface area contributed by atoms with Crippen molar-refractivity contribution in [1.29, 1.82) is 0 Å². The van der Waals surface area contributed by atoms with Gasteiger partial charge >= 0.3 is 0 Å². The Bertz CT molecular complexity index is 1260. The van der Waals surface area contributed by atoms with Crippen LogP contribution in [0.4, 0.5) is 0 Å². The zero-order chi connectivity index (χ0) is 21.8. The van der Waals surface area contributed by atoms with Gasteiger partial charge in [-0.15, -0.1) is 0 Å². The molecule has 0 unspecified atom stereocenters. The molecule has 0 aliphatic carbocycles. The summed E-state index contributed by atoms with van der Waals surface area (Å²) in [5.74, 6) is 0.410. The van der Waals surface area contributed by atoms with Gasteiger partial charge in [0.1, 0.15) is 17.9 Å². The monoisotopic (exact) mass is 436 g/mol. The van der Waals surface area contributed by atoms with Crippen LogP contribution >= 0.6 is 11.6 Å². The molecule has 0 bridgehead atoms. The number of ether oxygens (including phenoxy) is 1. The highest BCUT2D eigenvalue weighted by Crippen LogP contribution is 2.15. The maximum atomic E-state index is 13.0. The van der Waals surface area contributed by atoms with Crippen LogP contribution in [0.1, 0.15) is 27.2 Å². The molecule has 158 valence electrons. The van der Waals surface area contributed by atoms with E-state index in [-0.39, 0.29) is 11.5 Å². The van der Waals surface area contributed by atoms with Gasteiger partial charge in [-0.05, 0) is 36.8 Å². The van der Waals surface area contributed by atoms with Crippen molar-refractivity contribution in [3.05, 3.63) is 98.6 Å². The zero-order valence-electron chi connectivity index (χ0n) is 16.9. The number of hydrogen-bond acceptors (Lipinski definition) is 4. The molecule has 0 spiro atoms. The number of para-hydroxylation sites is 1. The van der Waals surface area contributed by atoms with Crippen molar-refractivity contribution in [2.45, 2.75) is 13.3 Å². The molecule has 1 amide bonds. The van der Waals surface area contributed by atoms with Crippen molar-refractivity contribution in [2.75, 3.05) is 13.2 Å². The van der Waals surface area contributed by atoms with Crippen molar-refractivity contribution < 1.29 is 9.53 Å². The Morgan fingerprint density at radius 2 is 1.90 bits per heavy atom. The van der Waals surface area contributed by atoms with E-state index >= 15 is 0 Å². The van der Waals surface area contributed by atoms with Gasteiger partial charge in [0.15, 0.2) is 5.65 Å². The van der Waals surface area contributed by atoms with Gasteiger partial charge in [-0.1, -0.05) is 41.9 Å². The fraction of sp³-hybridized carbons (Fsp3) is 0.174. The normalized spacial score (nSPS) is 10.9. The number of nitrogens with zero attached hydrogens (tertiary/aromatic N) is 2. The molecular formula is C23H21ClN4O3. The van der Waals surface area contributed by atoms with E-state index in [9.17, 15) is 9.59 Å². The first-order valence-corrected chi connectivity index (χ1v) is 10.2. The Morgan fingerprint density at radius 1 is 1.16 bits per heavy atom. The number of aromatic nitrogens is 3. The minimum atomic E-state index is -0.327. The number of benzene rings is 2. The summed E-state index contributed by atoms with van der Waals surface area (Å²) in [6.07, 6.45) is 1.91.